The largest absolute Gasteiger partial charge is 0.514 e. The Morgan fingerprint density at radius 3 is 1.79 bits per heavy atom. The molecule has 5 nitrogen and oxygen atoms in total. The Labute approximate surface area is 113 Å². The lowest BCUT2D eigenvalue weighted by Gasteiger charge is -2.54. The second-order valence-electron chi connectivity index (χ2n) is 7.39. The molecule has 2 aliphatic rings. The molecule has 0 saturated carbocycles. The van der Waals surface area contributed by atoms with Gasteiger partial charge in [-0.05, 0) is 27.7 Å². The average molecular weight is 270 g/mol. The minimum Gasteiger partial charge on any atom is -0.481 e. The number of hydrogen-bond acceptors (Lipinski definition) is 2. The van der Waals surface area contributed by atoms with E-state index in [-0.39, 0.29) is 16.6 Å². The van der Waals surface area contributed by atoms with Gasteiger partial charge in [-0.1, -0.05) is 0 Å². The highest BCUT2D eigenvalue weighted by atomic mass is 16.4. The third-order valence-electron chi connectivity index (χ3n) is 5.30. The highest BCUT2D eigenvalue weighted by Gasteiger charge is 2.67. The smallest absolute Gasteiger partial charge is 0.481 e. The third kappa shape index (κ3) is 1.71. The Hall–Kier alpha value is -1.10. The topological polar surface area (TPSA) is 74.6 Å². The molecule has 108 valence electrons. The van der Waals surface area contributed by atoms with Crippen LogP contribution in [-0.4, -0.2) is 44.4 Å². The van der Waals surface area contributed by atoms with Gasteiger partial charge in [-0.15, -0.1) is 0 Å². The van der Waals surface area contributed by atoms with Crippen molar-refractivity contribution in [3.05, 3.63) is 0 Å². The van der Waals surface area contributed by atoms with E-state index < -0.39 is 23.0 Å². The average Bonchev–Trinajstić information content (AvgIpc) is 2.46. The molecule has 2 heterocycles. The monoisotopic (exact) mass is 270 g/mol. The van der Waals surface area contributed by atoms with Crippen LogP contribution in [0, 0.1) is 5.41 Å². The van der Waals surface area contributed by atoms with Gasteiger partial charge < -0.3 is 10.2 Å². The minimum absolute atomic E-state index is 0.0376. The van der Waals surface area contributed by atoms with Gasteiger partial charge in [0.25, 0.3) is 0 Å². The number of piperidine rings is 1. The fourth-order valence-corrected chi connectivity index (χ4v) is 4.58. The van der Waals surface area contributed by atoms with E-state index >= 15 is 0 Å². The molecule has 2 rings (SSSR count). The van der Waals surface area contributed by atoms with Gasteiger partial charge in [0, 0.05) is 25.7 Å². The molecule has 0 aromatic rings. The standard InChI is InChI=1S/C14H23NO4/c1-13(2,3)15(12(18)19)9-5-6-10(15)8-14(4,7-9)11(16)17/h9-10H,5-8H2,1-4H3,(H-,16,17,18,19)/p+1. The van der Waals surface area contributed by atoms with E-state index in [9.17, 15) is 19.8 Å². The van der Waals surface area contributed by atoms with Crippen LogP contribution in [0.5, 0.6) is 0 Å². The molecule has 5 heteroatoms. The predicted molar refractivity (Wildman–Crippen MR) is 69.8 cm³/mol. The number of hydrogen-bond donors (Lipinski definition) is 2. The lowest BCUT2D eigenvalue weighted by molar-refractivity contribution is -0.942. The van der Waals surface area contributed by atoms with Crippen LogP contribution in [0.1, 0.15) is 53.4 Å². The number of carbonyl (C=O) groups is 2. The summed E-state index contributed by atoms with van der Waals surface area (Å²) in [5, 5.41) is 19.3. The Balaban J connectivity index is 2.48. The summed E-state index contributed by atoms with van der Waals surface area (Å²) in [6.07, 6.45) is 1.76. The van der Waals surface area contributed by atoms with Gasteiger partial charge in [0.05, 0.1) is 5.41 Å². The van der Waals surface area contributed by atoms with Crippen molar-refractivity contribution in [2.75, 3.05) is 0 Å². The van der Waals surface area contributed by atoms with Gasteiger partial charge >= 0.3 is 12.1 Å². The molecule has 2 saturated heterocycles. The lowest BCUT2D eigenvalue weighted by Crippen LogP contribution is -2.72. The number of nitrogens with zero attached hydrogens (tertiary/aromatic N) is 1. The first-order valence-corrected chi connectivity index (χ1v) is 6.91. The van der Waals surface area contributed by atoms with Gasteiger partial charge in [0.15, 0.2) is 0 Å². The van der Waals surface area contributed by atoms with Crippen molar-refractivity contribution in [1.29, 1.82) is 0 Å². The molecule has 0 aliphatic carbocycles. The number of fused-ring (bicyclic) bond motifs is 2. The highest BCUT2D eigenvalue weighted by molar-refractivity contribution is 5.74. The molecule has 19 heavy (non-hydrogen) atoms. The fraction of sp³-hybridized carbons (Fsp3) is 0.857. The van der Waals surface area contributed by atoms with Crippen molar-refractivity contribution in [3.63, 3.8) is 0 Å². The van der Waals surface area contributed by atoms with Gasteiger partial charge in [-0.3, -0.25) is 4.79 Å². The van der Waals surface area contributed by atoms with E-state index in [1.807, 2.05) is 20.8 Å². The molecule has 0 spiro atoms. The molecule has 2 aliphatic heterocycles. The van der Waals surface area contributed by atoms with Gasteiger partial charge in [0.2, 0.25) is 0 Å². The van der Waals surface area contributed by atoms with E-state index in [2.05, 4.69) is 0 Å². The van der Waals surface area contributed by atoms with Crippen LogP contribution in [-0.2, 0) is 4.79 Å². The summed E-state index contributed by atoms with van der Waals surface area (Å²) in [5.41, 5.74) is -1.17. The molecular weight excluding hydrogens is 246 g/mol. The van der Waals surface area contributed by atoms with Gasteiger partial charge in [0.1, 0.15) is 17.6 Å². The van der Waals surface area contributed by atoms with Gasteiger partial charge in [-0.25, -0.2) is 4.48 Å². The molecule has 1 amide bonds. The van der Waals surface area contributed by atoms with E-state index in [0.29, 0.717) is 12.8 Å². The predicted octanol–water partition coefficient (Wildman–Crippen LogP) is 2.70. The summed E-state index contributed by atoms with van der Waals surface area (Å²) < 4.78 is 0.0376. The molecule has 2 fully saturated rings. The maximum Gasteiger partial charge on any atom is 0.514 e. The summed E-state index contributed by atoms with van der Waals surface area (Å²) in [4.78, 5) is 23.5. The molecule has 0 aromatic carbocycles. The third-order valence-corrected chi connectivity index (χ3v) is 5.30. The first kappa shape index (κ1) is 14.3. The minimum atomic E-state index is -0.799. The zero-order valence-electron chi connectivity index (χ0n) is 12.1. The van der Waals surface area contributed by atoms with Crippen LogP contribution < -0.4 is 0 Å². The van der Waals surface area contributed by atoms with E-state index in [1.165, 1.54) is 0 Å². The molecule has 2 N–H and O–H groups in total. The second-order valence-corrected chi connectivity index (χ2v) is 7.39. The quantitative estimate of drug-likeness (QED) is 0.718. The lowest BCUT2D eigenvalue weighted by atomic mass is 9.73. The van der Waals surface area contributed by atoms with Crippen LogP contribution >= 0.6 is 0 Å². The van der Waals surface area contributed by atoms with Crippen LogP contribution in [0.4, 0.5) is 4.79 Å². The molecular formula is C14H24NO4+. The van der Waals surface area contributed by atoms with Crippen molar-refractivity contribution in [1.82, 2.24) is 0 Å². The molecule has 0 aromatic heterocycles. The van der Waals surface area contributed by atoms with Crippen molar-refractivity contribution >= 4 is 12.1 Å². The molecule has 2 bridgehead atoms. The number of rotatable bonds is 1. The van der Waals surface area contributed by atoms with E-state index in [1.54, 1.807) is 6.92 Å². The Kier molecular flexibility index (Phi) is 2.97. The summed E-state index contributed by atoms with van der Waals surface area (Å²) >= 11 is 0. The van der Waals surface area contributed by atoms with Crippen molar-refractivity contribution in [2.24, 2.45) is 5.41 Å². The molecule has 0 radical (unpaired) electrons. The molecule has 2 atom stereocenters. The maximum absolute atomic E-state index is 12.0. The number of amides is 1. The number of aliphatic carboxylic acids is 1. The van der Waals surface area contributed by atoms with Crippen LogP contribution in [0.15, 0.2) is 0 Å². The number of carboxylic acid groups (broad SMARTS) is 2. The van der Waals surface area contributed by atoms with E-state index in [4.69, 9.17) is 0 Å². The number of carboxylic acids is 1. The SMILES string of the molecule is CC1(C(=O)O)CC2CCC(C1)[N+]2(C(=O)O)C(C)(C)C. The van der Waals surface area contributed by atoms with Crippen LogP contribution in [0.3, 0.4) is 0 Å². The van der Waals surface area contributed by atoms with Crippen molar-refractivity contribution in [3.8, 4) is 0 Å². The number of quaternary nitrogens is 1. The zero-order chi connectivity index (χ0) is 14.6. The second kappa shape index (κ2) is 3.95. The summed E-state index contributed by atoms with van der Waals surface area (Å²) in [5.74, 6) is -0.790. The van der Waals surface area contributed by atoms with Gasteiger partial charge in [-0.2, -0.15) is 4.79 Å². The zero-order valence-corrected chi connectivity index (χ0v) is 12.1. The van der Waals surface area contributed by atoms with Crippen molar-refractivity contribution < 1.29 is 24.3 Å². The fourth-order valence-electron chi connectivity index (χ4n) is 4.58. The normalized spacial score (nSPS) is 42.1. The Morgan fingerprint density at radius 2 is 1.53 bits per heavy atom. The Morgan fingerprint density at radius 1 is 1.11 bits per heavy atom. The maximum atomic E-state index is 12.0. The van der Waals surface area contributed by atoms with Crippen molar-refractivity contribution in [2.45, 2.75) is 71.0 Å². The molecule has 2 unspecified atom stereocenters. The first-order chi connectivity index (χ1) is 8.55. The summed E-state index contributed by atoms with van der Waals surface area (Å²) in [6.45, 7) is 7.63. The Bertz CT molecular complexity index is 410. The van der Waals surface area contributed by atoms with Crippen LogP contribution in [0.2, 0.25) is 0 Å². The first-order valence-electron chi connectivity index (χ1n) is 6.91. The van der Waals surface area contributed by atoms with E-state index in [0.717, 1.165) is 12.8 Å². The summed E-state index contributed by atoms with van der Waals surface area (Å²) in [6, 6.07) is -0.172. The van der Waals surface area contributed by atoms with Crippen LogP contribution in [0.25, 0.3) is 0 Å². The summed E-state index contributed by atoms with van der Waals surface area (Å²) in [7, 11) is 0. The highest BCUT2D eigenvalue weighted by Crippen LogP contribution is 2.54.